The van der Waals surface area contributed by atoms with Gasteiger partial charge in [0, 0.05) is 12.8 Å². The third-order valence-corrected chi connectivity index (χ3v) is 2.93. The van der Waals surface area contributed by atoms with E-state index in [0.29, 0.717) is 19.1 Å². The average Bonchev–Trinajstić information content (AvgIpc) is 2.74. The topological polar surface area (TPSA) is 39.9 Å². The molecule has 92 valence electrons. The van der Waals surface area contributed by atoms with Crippen LogP contribution in [0.5, 0.6) is 0 Å². The molecule has 0 radical (unpaired) electrons. The Hall–Kier alpha value is -1.13. The van der Waals surface area contributed by atoms with Crippen molar-refractivity contribution in [2.75, 3.05) is 13.2 Å². The van der Waals surface area contributed by atoms with Crippen molar-refractivity contribution >= 4 is 22.6 Å². The molecule has 0 bridgehead atoms. The second-order valence-electron chi connectivity index (χ2n) is 3.90. The van der Waals surface area contributed by atoms with Gasteiger partial charge in [-0.1, -0.05) is 0 Å². The molecular formula is C12H16ClN3O. The van der Waals surface area contributed by atoms with Crippen LogP contribution in [0.2, 0.25) is 0 Å². The van der Waals surface area contributed by atoms with Gasteiger partial charge in [0.25, 0.3) is 0 Å². The number of aromatic nitrogens is 3. The molecule has 2 aromatic rings. The lowest BCUT2D eigenvalue weighted by Gasteiger charge is -2.16. The summed E-state index contributed by atoms with van der Waals surface area (Å²) in [6, 6.07) is 2.18. The molecule has 2 rings (SSSR count). The van der Waals surface area contributed by atoms with Gasteiger partial charge in [-0.3, -0.25) is 4.98 Å². The lowest BCUT2D eigenvalue weighted by Crippen LogP contribution is -2.14. The van der Waals surface area contributed by atoms with E-state index in [1.54, 1.807) is 12.4 Å². The Morgan fingerprint density at radius 3 is 3.06 bits per heavy atom. The summed E-state index contributed by atoms with van der Waals surface area (Å²) in [5.41, 5.74) is 1.94. The molecule has 1 unspecified atom stereocenters. The summed E-state index contributed by atoms with van der Waals surface area (Å²) in [5.74, 6) is 1.26. The van der Waals surface area contributed by atoms with Crippen molar-refractivity contribution in [3.8, 4) is 0 Å². The highest BCUT2D eigenvalue weighted by molar-refractivity contribution is 6.16. The van der Waals surface area contributed by atoms with Crippen molar-refractivity contribution in [1.82, 2.24) is 14.5 Å². The van der Waals surface area contributed by atoms with E-state index in [1.807, 2.05) is 13.0 Å². The fourth-order valence-corrected chi connectivity index (χ4v) is 2.14. The molecule has 0 aliphatic heterocycles. The molecule has 0 saturated heterocycles. The van der Waals surface area contributed by atoms with Gasteiger partial charge in [0.15, 0.2) is 0 Å². The second-order valence-corrected chi connectivity index (χ2v) is 4.17. The maximum Gasteiger partial charge on any atom is 0.125 e. The van der Waals surface area contributed by atoms with E-state index < -0.39 is 0 Å². The molecule has 0 aliphatic carbocycles. The molecule has 0 saturated carbocycles. The fourth-order valence-electron chi connectivity index (χ4n) is 1.95. The van der Waals surface area contributed by atoms with Gasteiger partial charge in [0.1, 0.15) is 11.3 Å². The van der Waals surface area contributed by atoms with Gasteiger partial charge in [-0.15, -0.1) is 11.6 Å². The number of nitrogens with zero attached hydrogens (tertiary/aromatic N) is 3. The quantitative estimate of drug-likeness (QED) is 0.770. The van der Waals surface area contributed by atoms with E-state index in [-0.39, 0.29) is 6.04 Å². The maximum absolute atomic E-state index is 5.94. The zero-order valence-electron chi connectivity index (χ0n) is 10.1. The molecule has 0 aliphatic rings. The highest BCUT2D eigenvalue weighted by Crippen LogP contribution is 2.21. The molecule has 2 heterocycles. The van der Waals surface area contributed by atoms with E-state index >= 15 is 0 Å². The minimum Gasteiger partial charge on any atom is -0.380 e. The van der Waals surface area contributed by atoms with Crippen LogP contribution in [0, 0.1) is 0 Å². The smallest absolute Gasteiger partial charge is 0.125 e. The summed E-state index contributed by atoms with van der Waals surface area (Å²) in [4.78, 5) is 8.55. The molecule has 0 amide bonds. The van der Waals surface area contributed by atoms with E-state index in [4.69, 9.17) is 16.3 Å². The normalized spacial score (nSPS) is 13.1. The standard InChI is InChI=1S/C12H16ClN3O/c1-3-17-8-9(2)16-11-4-5-14-7-10(11)15-12(16)6-13/h4-5,7,9H,3,6,8H2,1-2H3. The number of imidazole rings is 1. The number of ether oxygens (including phenoxy) is 1. The molecular weight excluding hydrogens is 238 g/mol. The largest absolute Gasteiger partial charge is 0.380 e. The molecule has 0 spiro atoms. The van der Waals surface area contributed by atoms with Crippen LogP contribution < -0.4 is 0 Å². The van der Waals surface area contributed by atoms with E-state index in [0.717, 1.165) is 16.9 Å². The van der Waals surface area contributed by atoms with E-state index in [2.05, 4.69) is 21.5 Å². The molecule has 0 aromatic carbocycles. The first kappa shape index (κ1) is 12.3. The lowest BCUT2D eigenvalue weighted by molar-refractivity contribution is 0.119. The van der Waals surface area contributed by atoms with Crippen LogP contribution in [0.1, 0.15) is 25.7 Å². The highest BCUT2D eigenvalue weighted by atomic mass is 35.5. The van der Waals surface area contributed by atoms with Crippen molar-refractivity contribution in [2.45, 2.75) is 25.8 Å². The summed E-state index contributed by atoms with van der Waals surface area (Å²) in [5, 5.41) is 0. The van der Waals surface area contributed by atoms with Crippen LogP contribution in [-0.4, -0.2) is 27.7 Å². The Morgan fingerprint density at radius 1 is 1.53 bits per heavy atom. The van der Waals surface area contributed by atoms with Gasteiger partial charge in [-0.05, 0) is 19.9 Å². The zero-order chi connectivity index (χ0) is 12.3. The van der Waals surface area contributed by atoms with Crippen LogP contribution in [0.15, 0.2) is 18.5 Å². The Labute approximate surface area is 106 Å². The van der Waals surface area contributed by atoms with Crippen molar-refractivity contribution in [3.63, 3.8) is 0 Å². The van der Waals surface area contributed by atoms with Gasteiger partial charge in [-0.2, -0.15) is 0 Å². The van der Waals surface area contributed by atoms with Crippen LogP contribution in [0.4, 0.5) is 0 Å². The van der Waals surface area contributed by atoms with Crippen LogP contribution in [-0.2, 0) is 10.6 Å². The number of hydrogen-bond donors (Lipinski definition) is 0. The summed E-state index contributed by atoms with van der Waals surface area (Å²) in [6.45, 7) is 5.47. The predicted molar refractivity (Wildman–Crippen MR) is 68.3 cm³/mol. The first-order valence-electron chi connectivity index (χ1n) is 5.72. The van der Waals surface area contributed by atoms with Gasteiger partial charge < -0.3 is 9.30 Å². The number of pyridine rings is 1. The summed E-state index contributed by atoms with van der Waals surface area (Å²) in [6.07, 6.45) is 3.53. The first-order valence-corrected chi connectivity index (χ1v) is 6.26. The molecule has 17 heavy (non-hydrogen) atoms. The number of fused-ring (bicyclic) bond motifs is 1. The Kier molecular flexibility index (Phi) is 3.97. The predicted octanol–water partition coefficient (Wildman–Crippen LogP) is 2.77. The van der Waals surface area contributed by atoms with Gasteiger partial charge >= 0.3 is 0 Å². The molecule has 0 fully saturated rings. The van der Waals surface area contributed by atoms with Crippen LogP contribution in [0.3, 0.4) is 0 Å². The number of hydrogen-bond acceptors (Lipinski definition) is 3. The van der Waals surface area contributed by atoms with Gasteiger partial charge in [-0.25, -0.2) is 4.98 Å². The molecule has 4 nitrogen and oxygen atoms in total. The van der Waals surface area contributed by atoms with E-state index in [9.17, 15) is 0 Å². The average molecular weight is 254 g/mol. The Bertz CT molecular complexity index is 497. The number of halogens is 1. The fraction of sp³-hybridized carbons (Fsp3) is 0.500. The third-order valence-electron chi connectivity index (χ3n) is 2.69. The SMILES string of the molecule is CCOCC(C)n1c(CCl)nc2cnccc21. The van der Waals surface area contributed by atoms with Crippen molar-refractivity contribution < 1.29 is 4.74 Å². The van der Waals surface area contributed by atoms with Gasteiger partial charge in [0.05, 0.1) is 30.2 Å². The molecule has 0 N–H and O–H groups in total. The monoisotopic (exact) mass is 253 g/mol. The third kappa shape index (κ3) is 2.42. The van der Waals surface area contributed by atoms with Crippen molar-refractivity contribution in [1.29, 1.82) is 0 Å². The molecule has 5 heteroatoms. The Balaban J connectivity index is 2.42. The Morgan fingerprint density at radius 2 is 2.35 bits per heavy atom. The molecule has 1 atom stereocenters. The lowest BCUT2D eigenvalue weighted by atomic mass is 10.3. The first-order chi connectivity index (χ1) is 8.27. The van der Waals surface area contributed by atoms with Crippen molar-refractivity contribution in [3.05, 3.63) is 24.3 Å². The summed E-state index contributed by atoms with van der Waals surface area (Å²) < 4.78 is 7.58. The van der Waals surface area contributed by atoms with Crippen LogP contribution >= 0.6 is 11.6 Å². The van der Waals surface area contributed by atoms with E-state index in [1.165, 1.54) is 0 Å². The number of alkyl halides is 1. The van der Waals surface area contributed by atoms with Crippen LogP contribution in [0.25, 0.3) is 11.0 Å². The highest BCUT2D eigenvalue weighted by Gasteiger charge is 2.15. The molecule has 2 aromatic heterocycles. The maximum atomic E-state index is 5.94. The summed E-state index contributed by atoms with van der Waals surface area (Å²) in [7, 11) is 0. The minimum absolute atomic E-state index is 0.219. The minimum atomic E-state index is 0.219. The second kappa shape index (κ2) is 5.47. The zero-order valence-corrected chi connectivity index (χ0v) is 10.8. The van der Waals surface area contributed by atoms with Crippen molar-refractivity contribution in [2.24, 2.45) is 0 Å². The summed E-state index contributed by atoms with van der Waals surface area (Å²) >= 11 is 5.94. The van der Waals surface area contributed by atoms with Gasteiger partial charge in [0.2, 0.25) is 0 Å². The number of rotatable bonds is 5.